The molecule has 15 heavy (non-hydrogen) atoms. The zero-order valence-electron chi connectivity index (χ0n) is 8.62. The van der Waals surface area contributed by atoms with Crippen LogP contribution in [0, 0.1) is 6.92 Å². The van der Waals surface area contributed by atoms with Crippen molar-refractivity contribution >= 4 is 11.6 Å². The lowest BCUT2D eigenvalue weighted by molar-refractivity contribution is 0.0997. The molecule has 4 N–H and O–H groups in total. The maximum atomic E-state index is 11.2. The van der Waals surface area contributed by atoms with E-state index in [-0.39, 0.29) is 0 Å². The van der Waals surface area contributed by atoms with Gasteiger partial charge in [0.25, 0.3) is 5.91 Å². The highest BCUT2D eigenvalue weighted by Gasteiger charge is 2.12. The lowest BCUT2D eigenvalue weighted by Crippen LogP contribution is -2.14. The summed E-state index contributed by atoms with van der Waals surface area (Å²) in [6.45, 7) is 5.66. The molecule has 0 saturated heterocycles. The topological polar surface area (TPSA) is 78.3 Å². The van der Waals surface area contributed by atoms with Crippen LogP contribution in [-0.4, -0.2) is 12.5 Å². The minimum absolute atomic E-state index is 0.300. The quantitative estimate of drug-likeness (QED) is 0.574. The van der Waals surface area contributed by atoms with Gasteiger partial charge in [0.15, 0.2) is 0 Å². The molecule has 4 heteroatoms. The standard InChI is InChI=1S/C11H14N2O2/c1-3-4-15-10-7(2)5-8(12)6-9(10)11(13)14/h3,5-6H,1,4,12H2,2H3,(H2,13,14). The number of primary amides is 1. The molecule has 1 aromatic rings. The molecule has 0 spiro atoms. The zero-order valence-corrected chi connectivity index (χ0v) is 8.62. The number of aryl methyl sites for hydroxylation is 1. The number of ether oxygens (including phenoxy) is 1. The number of anilines is 1. The fraction of sp³-hybridized carbons (Fsp3) is 0.182. The van der Waals surface area contributed by atoms with E-state index in [1.807, 2.05) is 0 Å². The van der Waals surface area contributed by atoms with Gasteiger partial charge in [-0.15, -0.1) is 0 Å². The first kappa shape index (κ1) is 11.1. The van der Waals surface area contributed by atoms with Gasteiger partial charge in [0.1, 0.15) is 12.4 Å². The van der Waals surface area contributed by atoms with Crippen molar-refractivity contribution in [3.63, 3.8) is 0 Å². The first-order valence-electron chi connectivity index (χ1n) is 4.50. The number of carbonyl (C=O) groups excluding carboxylic acids is 1. The van der Waals surface area contributed by atoms with Crippen LogP contribution in [0.5, 0.6) is 5.75 Å². The van der Waals surface area contributed by atoms with Crippen molar-refractivity contribution in [1.82, 2.24) is 0 Å². The van der Waals surface area contributed by atoms with E-state index in [0.717, 1.165) is 5.56 Å². The van der Waals surface area contributed by atoms with Crippen molar-refractivity contribution in [3.05, 3.63) is 35.9 Å². The third-order valence-electron chi connectivity index (χ3n) is 1.91. The monoisotopic (exact) mass is 206 g/mol. The Hall–Kier alpha value is -1.97. The van der Waals surface area contributed by atoms with Gasteiger partial charge in [0.05, 0.1) is 5.56 Å². The number of hydrogen-bond acceptors (Lipinski definition) is 3. The van der Waals surface area contributed by atoms with Crippen LogP contribution in [0.1, 0.15) is 15.9 Å². The van der Waals surface area contributed by atoms with Gasteiger partial charge in [-0.3, -0.25) is 4.79 Å². The molecule has 1 rings (SSSR count). The van der Waals surface area contributed by atoms with E-state index in [0.29, 0.717) is 23.6 Å². The van der Waals surface area contributed by atoms with Crippen molar-refractivity contribution in [2.45, 2.75) is 6.92 Å². The molecule has 80 valence electrons. The molecule has 0 aliphatic rings. The van der Waals surface area contributed by atoms with Crippen LogP contribution in [0.4, 0.5) is 5.69 Å². The summed E-state index contributed by atoms with van der Waals surface area (Å²) in [5.74, 6) is -0.0823. The van der Waals surface area contributed by atoms with Gasteiger partial charge in [-0.2, -0.15) is 0 Å². The number of nitrogen functional groups attached to an aromatic ring is 1. The van der Waals surface area contributed by atoms with E-state index >= 15 is 0 Å². The molecule has 0 aromatic heterocycles. The molecule has 0 radical (unpaired) electrons. The largest absolute Gasteiger partial charge is 0.488 e. The van der Waals surface area contributed by atoms with Crippen LogP contribution >= 0.6 is 0 Å². The van der Waals surface area contributed by atoms with E-state index in [4.69, 9.17) is 16.2 Å². The smallest absolute Gasteiger partial charge is 0.252 e. The summed E-state index contributed by atoms with van der Waals surface area (Å²) in [5, 5.41) is 0. The summed E-state index contributed by atoms with van der Waals surface area (Å²) in [6, 6.07) is 3.23. The predicted molar refractivity (Wildman–Crippen MR) is 59.8 cm³/mol. The van der Waals surface area contributed by atoms with Crippen molar-refractivity contribution < 1.29 is 9.53 Å². The Morgan fingerprint density at radius 2 is 2.27 bits per heavy atom. The lowest BCUT2D eigenvalue weighted by Gasteiger charge is -2.11. The maximum absolute atomic E-state index is 11.2. The molecular formula is C11H14N2O2. The number of rotatable bonds is 4. The molecular weight excluding hydrogens is 192 g/mol. The van der Waals surface area contributed by atoms with Gasteiger partial charge in [0.2, 0.25) is 0 Å². The second kappa shape index (κ2) is 4.50. The van der Waals surface area contributed by atoms with Crippen molar-refractivity contribution in [3.8, 4) is 5.75 Å². The van der Waals surface area contributed by atoms with E-state index in [9.17, 15) is 4.79 Å². The highest BCUT2D eigenvalue weighted by molar-refractivity contribution is 5.97. The molecule has 0 heterocycles. The highest BCUT2D eigenvalue weighted by atomic mass is 16.5. The van der Waals surface area contributed by atoms with E-state index in [1.54, 1.807) is 19.1 Å². The molecule has 0 aliphatic carbocycles. The highest BCUT2D eigenvalue weighted by Crippen LogP contribution is 2.26. The van der Waals surface area contributed by atoms with Crippen LogP contribution in [0.15, 0.2) is 24.8 Å². The zero-order chi connectivity index (χ0) is 11.4. The molecule has 1 aromatic carbocycles. The average molecular weight is 206 g/mol. The van der Waals surface area contributed by atoms with Crippen LogP contribution in [0.2, 0.25) is 0 Å². The number of nitrogens with two attached hydrogens (primary N) is 2. The molecule has 0 bridgehead atoms. The van der Waals surface area contributed by atoms with Gasteiger partial charge in [-0.1, -0.05) is 12.7 Å². The Labute approximate surface area is 88.5 Å². The summed E-state index contributed by atoms with van der Waals surface area (Å²) in [6.07, 6.45) is 1.60. The molecule has 0 saturated carbocycles. The summed E-state index contributed by atoms with van der Waals surface area (Å²) in [7, 11) is 0. The number of benzene rings is 1. The normalized spacial score (nSPS) is 9.67. The minimum Gasteiger partial charge on any atom is -0.488 e. The van der Waals surface area contributed by atoms with Gasteiger partial charge < -0.3 is 16.2 Å². The minimum atomic E-state index is -0.551. The van der Waals surface area contributed by atoms with Crippen molar-refractivity contribution in [2.75, 3.05) is 12.3 Å². The Balaban J connectivity index is 3.20. The third-order valence-corrected chi connectivity index (χ3v) is 1.91. The number of hydrogen-bond donors (Lipinski definition) is 2. The molecule has 0 atom stereocenters. The summed E-state index contributed by atoms with van der Waals surface area (Å²) in [4.78, 5) is 11.2. The van der Waals surface area contributed by atoms with Gasteiger partial charge in [0, 0.05) is 5.69 Å². The number of amides is 1. The van der Waals surface area contributed by atoms with Gasteiger partial charge >= 0.3 is 0 Å². The Morgan fingerprint density at radius 1 is 1.60 bits per heavy atom. The first-order valence-corrected chi connectivity index (χ1v) is 4.50. The Kier molecular flexibility index (Phi) is 3.33. The van der Waals surface area contributed by atoms with Gasteiger partial charge in [-0.25, -0.2) is 0 Å². The molecule has 1 amide bonds. The first-order chi connectivity index (χ1) is 7.06. The van der Waals surface area contributed by atoms with E-state index < -0.39 is 5.91 Å². The van der Waals surface area contributed by atoms with Crippen LogP contribution in [0.3, 0.4) is 0 Å². The SMILES string of the molecule is C=CCOc1c(C)cc(N)cc1C(N)=O. The molecule has 4 nitrogen and oxygen atoms in total. The Bertz CT molecular complexity index is 400. The summed E-state index contributed by atoms with van der Waals surface area (Å²) < 4.78 is 5.36. The van der Waals surface area contributed by atoms with Crippen LogP contribution < -0.4 is 16.2 Å². The van der Waals surface area contributed by atoms with Crippen LogP contribution in [-0.2, 0) is 0 Å². The van der Waals surface area contributed by atoms with Crippen molar-refractivity contribution in [1.29, 1.82) is 0 Å². The van der Waals surface area contributed by atoms with E-state index in [1.165, 1.54) is 6.07 Å². The third kappa shape index (κ3) is 2.49. The fourth-order valence-corrected chi connectivity index (χ4v) is 1.32. The lowest BCUT2D eigenvalue weighted by atomic mass is 10.1. The molecule has 0 unspecified atom stereocenters. The molecule has 0 fully saturated rings. The maximum Gasteiger partial charge on any atom is 0.252 e. The van der Waals surface area contributed by atoms with Gasteiger partial charge in [-0.05, 0) is 24.6 Å². The van der Waals surface area contributed by atoms with E-state index in [2.05, 4.69) is 6.58 Å². The summed E-state index contributed by atoms with van der Waals surface area (Å²) in [5.41, 5.74) is 12.4. The molecule has 0 aliphatic heterocycles. The summed E-state index contributed by atoms with van der Waals surface area (Å²) >= 11 is 0. The fourth-order valence-electron chi connectivity index (χ4n) is 1.32. The number of carbonyl (C=O) groups is 1. The average Bonchev–Trinajstić information content (AvgIpc) is 2.15. The Morgan fingerprint density at radius 3 is 2.80 bits per heavy atom. The second-order valence-corrected chi connectivity index (χ2v) is 3.18. The van der Waals surface area contributed by atoms with Crippen LogP contribution in [0.25, 0.3) is 0 Å². The van der Waals surface area contributed by atoms with Crippen molar-refractivity contribution in [2.24, 2.45) is 5.73 Å². The second-order valence-electron chi connectivity index (χ2n) is 3.18. The predicted octanol–water partition coefficient (Wildman–Crippen LogP) is 1.24.